The maximum absolute atomic E-state index is 13.6. The molecule has 5 atom stereocenters. The fourth-order valence-corrected chi connectivity index (χ4v) is 7.27. The fraction of sp³-hybridized carbons (Fsp3) is 0.548. The number of hydrogen-bond acceptors (Lipinski definition) is 6. The second-order valence-electron chi connectivity index (χ2n) is 11.6. The Morgan fingerprint density at radius 3 is 2.76 bits per heavy atom. The van der Waals surface area contributed by atoms with Crippen LogP contribution in [0.25, 0.3) is 11.1 Å². The van der Waals surface area contributed by atoms with Crippen LogP contribution in [-0.2, 0) is 20.5 Å². The maximum Gasteiger partial charge on any atom is 0.225 e. The first-order valence-corrected chi connectivity index (χ1v) is 13.8. The van der Waals surface area contributed by atoms with Crippen molar-refractivity contribution in [1.29, 1.82) is 5.26 Å². The Kier molecular flexibility index (Phi) is 7.36. The molecule has 0 bridgehead atoms. The number of aryl methyl sites for hydroxylation is 1. The summed E-state index contributed by atoms with van der Waals surface area (Å²) in [5, 5.41) is 32.7. The summed E-state index contributed by atoms with van der Waals surface area (Å²) in [7, 11) is 1.69. The van der Waals surface area contributed by atoms with Gasteiger partial charge in [-0.1, -0.05) is 29.8 Å². The van der Waals surface area contributed by atoms with Crippen LogP contribution in [0.1, 0.15) is 67.2 Å². The van der Waals surface area contributed by atoms with Gasteiger partial charge in [-0.05, 0) is 86.3 Å². The molecule has 0 unspecified atom stereocenters. The number of ether oxygens (including phenoxy) is 1. The average Bonchev–Trinajstić information content (AvgIpc) is 3.27. The zero-order valence-electron chi connectivity index (χ0n) is 22.4. The number of carbonyl (C=O) groups excluding carboxylic acids is 1. The third-order valence-corrected chi connectivity index (χ3v) is 9.18. The Morgan fingerprint density at radius 2 is 2.08 bits per heavy atom. The van der Waals surface area contributed by atoms with E-state index in [2.05, 4.69) is 12.1 Å². The smallest absolute Gasteiger partial charge is 0.225 e. The first kappa shape index (κ1) is 26.8. The lowest BCUT2D eigenvalue weighted by Gasteiger charge is -2.62. The van der Waals surface area contributed by atoms with Crippen molar-refractivity contribution in [3.63, 3.8) is 0 Å². The number of piperidine rings is 1. The van der Waals surface area contributed by atoms with Gasteiger partial charge >= 0.3 is 0 Å². The number of methoxy groups -OCH3 is 1. The predicted molar refractivity (Wildman–Crippen MR) is 145 cm³/mol. The van der Waals surface area contributed by atoms with Gasteiger partial charge in [-0.15, -0.1) is 0 Å². The number of rotatable bonds is 7. The fourth-order valence-electron chi connectivity index (χ4n) is 7.27. The number of aliphatic hydroxyl groups excluding tert-OH is 1. The number of nitriles is 1. The first-order chi connectivity index (χ1) is 18.2. The number of carbonyl (C=O) groups is 1. The number of likely N-dealkylation sites (tertiary alicyclic amines) is 1. The van der Waals surface area contributed by atoms with Crippen molar-refractivity contribution < 1.29 is 19.7 Å². The van der Waals surface area contributed by atoms with Crippen LogP contribution in [-0.4, -0.2) is 60.0 Å². The predicted octanol–water partition coefficient (Wildman–Crippen LogP) is 3.51. The lowest BCUT2D eigenvalue weighted by Crippen LogP contribution is -2.66. The van der Waals surface area contributed by atoms with E-state index in [9.17, 15) is 20.3 Å². The average molecular weight is 518 g/mol. The minimum absolute atomic E-state index is 0.0154. The van der Waals surface area contributed by atoms with Gasteiger partial charge in [0.25, 0.3) is 0 Å². The molecular weight excluding hydrogens is 478 g/mol. The normalized spacial score (nSPS) is 30.1. The third-order valence-electron chi connectivity index (χ3n) is 9.18. The topological polar surface area (TPSA) is 120 Å². The molecule has 2 aromatic carbocycles. The first-order valence-electron chi connectivity index (χ1n) is 13.8. The van der Waals surface area contributed by atoms with E-state index in [-0.39, 0.29) is 17.9 Å². The number of nitrogens with zero attached hydrogens (tertiary/aromatic N) is 2. The van der Waals surface area contributed by atoms with Crippen LogP contribution in [0.5, 0.6) is 0 Å². The van der Waals surface area contributed by atoms with Gasteiger partial charge in [0.1, 0.15) is 5.60 Å². The molecule has 0 radical (unpaired) electrons. The van der Waals surface area contributed by atoms with Crippen LogP contribution in [0, 0.1) is 24.2 Å². The van der Waals surface area contributed by atoms with Gasteiger partial charge in [0.05, 0.1) is 17.7 Å². The molecule has 7 heteroatoms. The Morgan fingerprint density at radius 1 is 1.26 bits per heavy atom. The molecule has 5 rings (SSSR count). The van der Waals surface area contributed by atoms with Crippen molar-refractivity contribution in [2.75, 3.05) is 26.8 Å². The molecule has 2 aromatic rings. The lowest BCUT2D eigenvalue weighted by molar-refractivity contribution is -0.149. The molecule has 0 aromatic heterocycles. The van der Waals surface area contributed by atoms with Crippen molar-refractivity contribution in [3.05, 3.63) is 58.7 Å². The molecule has 2 aliphatic carbocycles. The van der Waals surface area contributed by atoms with E-state index >= 15 is 0 Å². The number of benzene rings is 2. The minimum Gasteiger partial charge on any atom is -0.391 e. The summed E-state index contributed by atoms with van der Waals surface area (Å²) in [5.41, 5.74) is 9.70. The molecule has 7 nitrogen and oxygen atoms in total. The van der Waals surface area contributed by atoms with Crippen molar-refractivity contribution in [2.45, 2.75) is 75.0 Å². The van der Waals surface area contributed by atoms with E-state index in [4.69, 9.17) is 10.5 Å². The van der Waals surface area contributed by atoms with Crippen LogP contribution in [0.3, 0.4) is 0 Å². The van der Waals surface area contributed by atoms with Crippen LogP contribution in [0.15, 0.2) is 36.4 Å². The van der Waals surface area contributed by atoms with Crippen LogP contribution < -0.4 is 5.73 Å². The summed E-state index contributed by atoms with van der Waals surface area (Å²) in [4.78, 5) is 15.5. The number of hydrogen-bond donors (Lipinski definition) is 3. The number of amides is 1. The summed E-state index contributed by atoms with van der Waals surface area (Å²) in [6.45, 7) is 3.70. The highest BCUT2D eigenvalue weighted by atomic mass is 16.5. The van der Waals surface area contributed by atoms with Gasteiger partial charge in [0, 0.05) is 44.2 Å². The molecular formula is C31H39N3O4. The molecule has 1 saturated heterocycles. The summed E-state index contributed by atoms with van der Waals surface area (Å²) in [6.07, 6.45) is 3.91. The molecule has 38 heavy (non-hydrogen) atoms. The zero-order valence-corrected chi connectivity index (χ0v) is 22.4. The van der Waals surface area contributed by atoms with Gasteiger partial charge in [-0.25, -0.2) is 0 Å². The molecule has 1 spiro atoms. The van der Waals surface area contributed by atoms with E-state index in [1.54, 1.807) is 7.11 Å². The van der Waals surface area contributed by atoms with E-state index in [1.165, 1.54) is 0 Å². The summed E-state index contributed by atoms with van der Waals surface area (Å²) < 4.78 is 5.27. The summed E-state index contributed by atoms with van der Waals surface area (Å²) in [6, 6.07) is 14.0. The number of nitrogens with two attached hydrogens (primary N) is 1. The standard InChI is InChI=1S/C31H39N3O4/c1-20-7-5-8-22(13-20)24-14-21(18-32)15-25-28(24)31(37,10-3-4-12-38-2)30(25)9-6-11-34(19-30)29(36)23-16-26(33)27(35)17-23/h5,7-8,13-15,23,26-27,35,37H,3-4,6,9-12,16-17,19,33H2,1-2H3/t23-,26+,27-,30+,31+/m0/s1. The van der Waals surface area contributed by atoms with Gasteiger partial charge in [0.2, 0.25) is 5.91 Å². The second-order valence-corrected chi connectivity index (χ2v) is 11.6. The Hall–Kier alpha value is -2.76. The highest BCUT2D eigenvalue weighted by Gasteiger charge is 2.64. The third kappa shape index (κ3) is 4.34. The maximum atomic E-state index is 13.6. The quantitative estimate of drug-likeness (QED) is 0.484. The highest BCUT2D eigenvalue weighted by molar-refractivity contribution is 5.81. The van der Waals surface area contributed by atoms with Gasteiger partial charge in [-0.2, -0.15) is 5.26 Å². The Balaban J connectivity index is 1.57. The SMILES string of the molecule is COCCCC[C@@]1(O)c2c(-c3cccc(C)c3)cc(C#N)cc2[C@]12CCCN(C(=O)[C@H]1C[C@@H](N)[C@@H](O)C1)C2. The van der Waals surface area contributed by atoms with Crippen LogP contribution >= 0.6 is 0 Å². The minimum atomic E-state index is -1.13. The number of fused-ring (bicyclic) bond motifs is 2. The van der Waals surface area contributed by atoms with Crippen molar-refractivity contribution in [3.8, 4) is 17.2 Å². The number of unbranched alkanes of at least 4 members (excludes halogenated alkanes) is 1. The van der Waals surface area contributed by atoms with E-state index in [1.807, 2.05) is 42.2 Å². The second kappa shape index (κ2) is 10.4. The highest BCUT2D eigenvalue weighted by Crippen LogP contribution is 2.63. The summed E-state index contributed by atoms with van der Waals surface area (Å²) in [5.74, 6) is -0.278. The van der Waals surface area contributed by atoms with Crippen molar-refractivity contribution in [2.24, 2.45) is 11.7 Å². The van der Waals surface area contributed by atoms with Gasteiger partial charge < -0.3 is 25.6 Å². The summed E-state index contributed by atoms with van der Waals surface area (Å²) >= 11 is 0. The Bertz CT molecular complexity index is 1250. The van der Waals surface area contributed by atoms with Gasteiger partial charge in [-0.3, -0.25) is 4.79 Å². The molecule has 3 aliphatic rings. The molecule has 1 heterocycles. The molecule has 4 N–H and O–H groups in total. The van der Waals surface area contributed by atoms with Crippen molar-refractivity contribution in [1.82, 2.24) is 4.90 Å². The van der Waals surface area contributed by atoms with Crippen molar-refractivity contribution >= 4 is 5.91 Å². The molecule has 2 fully saturated rings. The molecule has 1 saturated carbocycles. The molecule has 1 amide bonds. The van der Waals surface area contributed by atoms with E-state index < -0.39 is 17.1 Å². The molecule has 202 valence electrons. The monoisotopic (exact) mass is 517 g/mol. The van der Waals surface area contributed by atoms with Gasteiger partial charge in [0.15, 0.2) is 0 Å². The van der Waals surface area contributed by atoms with E-state index in [0.717, 1.165) is 53.5 Å². The largest absolute Gasteiger partial charge is 0.391 e. The Labute approximate surface area is 225 Å². The van der Waals surface area contributed by atoms with Crippen LogP contribution in [0.4, 0.5) is 0 Å². The lowest BCUT2D eigenvalue weighted by atomic mass is 9.47. The molecule has 1 aliphatic heterocycles. The number of aliphatic hydroxyl groups is 2. The zero-order chi connectivity index (χ0) is 27.1. The van der Waals surface area contributed by atoms with E-state index in [0.29, 0.717) is 44.5 Å². The van der Waals surface area contributed by atoms with Crippen LogP contribution in [0.2, 0.25) is 0 Å².